The van der Waals surface area contributed by atoms with Crippen molar-refractivity contribution in [3.8, 4) is 0 Å². The average molecular weight is 288 g/mol. The quantitative estimate of drug-likeness (QED) is 0.743. The summed E-state index contributed by atoms with van der Waals surface area (Å²) in [6.45, 7) is 6.86. The first kappa shape index (κ1) is 14.7. The van der Waals surface area contributed by atoms with Gasteiger partial charge in [-0.2, -0.15) is 0 Å². The van der Waals surface area contributed by atoms with Gasteiger partial charge in [0, 0.05) is 18.4 Å². The number of rotatable bonds is 1. The average Bonchev–Trinajstić information content (AvgIpc) is 2.83. The molecule has 0 N–H and O–H groups in total. The molecule has 0 aromatic heterocycles. The van der Waals surface area contributed by atoms with Crippen molar-refractivity contribution in [2.75, 3.05) is 20.7 Å². The fraction of sp³-hybridized carbons (Fsp3) is 0.611. The molecular weight excluding hydrogens is 262 g/mol. The van der Waals surface area contributed by atoms with Crippen LogP contribution in [0.5, 0.6) is 0 Å². The number of ketones is 1. The maximum atomic E-state index is 11.9. The molecule has 3 unspecified atom stereocenters. The third kappa shape index (κ3) is 2.14. The van der Waals surface area contributed by atoms with Gasteiger partial charge in [0.2, 0.25) is 0 Å². The standard InChI is InChI=1S/C18H26NO2/c1-12-6-7-15(8-13(12)2)17-18(10-16(20)11-21-18)9-14(3)19(17,4)5/h6-8,14,17H,9-11H2,1-5H3/q+1. The first-order chi connectivity index (χ1) is 9.76. The van der Waals surface area contributed by atoms with E-state index in [9.17, 15) is 4.79 Å². The molecule has 0 radical (unpaired) electrons. The maximum Gasteiger partial charge on any atom is 0.161 e. The molecule has 0 saturated carbocycles. The highest BCUT2D eigenvalue weighted by atomic mass is 16.5. The summed E-state index contributed by atoms with van der Waals surface area (Å²) in [7, 11) is 4.54. The van der Waals surface area contributed by atoms with Gasteiger partial charge in [0.25, 0.3) is 0 Å². The number of quaternary nitrogens is 1. The number of hydrogen-bond acceptors (Lipinski definition) is 2. The molecule has 1 aromatic carbocycles. The number of likely N-dealkylation sites (N-methyl/N-ethyl adjacent to an activating group) is 1. The molecule has 2 saturated heterocycles. The Bertz CT molecular complexity index is 593. The van der Waals surface area contributed by atoms with Crippen molar-refractivity contribution in [3.05, 3.63) is 34.9 Å². The molecule has 0 amide bonds. The third-order valence-electron chi connectivity index (χ3n) is 5.80. The molecular formula is C18H26NO2+. The smallest absolute Gasteiger partial charge is 0.161 e. The van der Waals surface area contributed by atoms with Crippen LogP contribution >= 0.6 is 0 Å². The second-order valence-electron chi connectivity index (χ2n) is 7.50. The van der Waals surface area contributed by atoms with Gasteiger partial charge in [0.15, 0.2) is 5.78 Å². The van der Waals surface area contributed by atoms with E-state index in [1.54, 1.807) is 0 Å². The molecule has 3 nitrogen and oxygen atoms in total. The second-order valence-corrected chi connectivity index (χ2v) is 7.50. The van der Waals surface area contributed by atoms with Crippen LogP contribution in [0.2, 0.25) is 0 Å². The fourth-order valence-electron chi connectivity index (χ4n) is 4.30. The van der Waals surface area contributed by atoms with Crippen molar-refractivity contribution in [2.45, 2.75) is 51.3 Å². The molecule has 2 fully saturated rings. The van der Waals surface area contributed by atoms with Crippen LogP contribution in [0.4, 0.5) is 0 Å². The monoisotopic (exact) mass is 288 g/mol. The van der Waals surface area contributed by atoms with Gasteiger partial charge in [-0.1, -0.05) is 12.1 Å². The van der Waals surface area contributed by atoms with Crippen LogP contribution in [0, 0.1) is 13.8 Å². The molecule has 0 aliphatic carbocycles. The lowest BCUT2D eigenvalue weighted by molar-refractivity contribution is -0.932. The Labute approximate surface area is 127 Å². The van der Waals surface area contributed by atoms with Crippen molar-refractivity contribution >= 4 is 5.78 Å². The highest BCUT2D eigenvalue weighted by Gasteiger charge is 2.62. The second kappa shape index (κ2) is 4.65. The minimum atomic E-state index is -0.304. The van der Waals surface area contributed by atoms with E-state index in [4.69, 9.17) is 4.74 Å². The van der Waals surface area contributed by atoms with E-state index in [2.05, 4.69) is 53.1 Å². The zero-order valence-electron chi connectivity index (χ0n) is 13.8. The number of benzene rings is 1. The first-order valence-corrected chi connectivity index (χ1v) is 7.82. The Morgan fingerprint density at radius 3 is 2.52 bits per heavy atom. The highest BCUT2D eigenvalue weighted by molar-refractivity contribution is 5.83. The Hall–Kier alpha value is -1.19. The number of Topliss-reactive ketones (excluding diaryl/α,β-unsaturated/α-hetero) is 1. The summed E-state index contributed by atoms with van der Waals surface area (Å²) in [6, 6.07) is 7.42. The number of nitrogens with zero attached hydrogens (tertiary/aromatic N) is 1. The zero-order valence-corrected chi connectivity index (χ0v) is 13.8. The van der Waals surface area contributed by atoms with E-state index in [0.29, 0.717) is 12.5 Å². The lowest BCUT2D eigenvalue weighted by Gasteiger charge is -2.39. The Morgan fingerprint density at radius 1 is 1.24 bits per heavy atom. The number of likely N-dealkylation sites (tertiary alicyclic amines) is 1. The van der Waals surface area contributed by atoms with Gasteiger partial charge in [0.05, 0.1) is 20.1 Å². The largest absolute Gasteiger partial charge is 0.360 e. The molecule has 3 rings (SSSR count). The molecule has 1 aromatic rings. The summed E-state index contributed by atoms with van der Waals surface area (Å²) >= 11 is 0. The Kier molecular flexibility index (Phi) is 3.26. The topological polar surface area (TPSA) is 26.3 Å². The van der Waals surface area contributed by atoms with E-state index >= 15 is 0 Å². The lowest BCUT2D eigenvalue weighted by atomic mass is 9.84. The van der Waals surface area contributed by atoms with Crippen LogP contribution in [0.3, 0.4) is 0 Å². The Morgan fingerprint density at radius 2 is 1.95 bits per heavy atom. The number of carbonyl (C=O) groups excluding carboxylic acids is 1. The number of carbonyl (C=O) groups is 1. The van der Waals surface area contributed by atoms with Gasteiger partial charge < -0.3 is 9.22 Å². The zero-order chi connectivity index (χ0) is 15.4. The predicted molar refractivity (Wildman–Crippen MR) is 83.2 cm³/mol. The van der Waals surface area contributed by atoms with Crippen molar-refractivity contribution < 1.29 is 14.0 Å². The van der Waals surface area contributed by atoms with Crippen LogP contribution < -0.4 is 0 Å². The Balaban J connectivity index is 2.10. The summed E-state index contributed by atoms with van der Waals surface area (Å²) in [5.41, 5.74) is 3.63. The highest BCUT2D eigenvalue weighted by Crippen LogP contribution is 2.53. The fourth-order valence-corrected chi connectivity index (χ4v) is 4.30. The number of aryl methyl sites for hydroxylation is 2. The number of hydrogen-bond donors (Lipinski definition) is 0. The van der Waals surface area contributed by atoms with Gasteiger partial charge in [-0.15, -0.1) is 0 Å². The molecule has 2 aliphatic heterocycles. The molecule has 1 spiro atoms. The number of ether oxygens (including phenoxy) is 1. The third-order valence-corrected chi connectivity index (χ3v) is 5.80. The predicted octanol–water partition coefficient (Wildman–Crippen LogP) is 2.94. The summed E-state index contributed by atoms with van der Waals surface area (Å²) < 4.78 is 6.98. The molecule has 114 valence electrons. The van der Waals surface area contributed by atoms with Crippen LogP contribution in [-0.2, 0) is 9.53 Å². The summed E-state index contributed by atoms with van der Waals surface area (Å²) in [4.78, 5) is 11.9. The SMILES string of the molecule is Cc1ccc(C2C3(CC(=O)CO3)CC(C)[N+]2(C)C)cc1C. The molecule has 3 atom stereocenters. The van der Waals surface area contributed by atoms with Crippen LogP contribution in [-0.4, -0.2) is 42.6 Å². The van der Waals surface area contributed by atoms with E-state index in [-0.39, 0.29) is 24.0 Å². The summed E-state index contributed by atoms with van der Waals surface area (Å²) in [6.07, 6.45) is 1.53. The van der Waals surface area contributed by atoms with Crippen LogP contribution in [0.15, 0.2) is 18.2 Å². The molecule has 2 aliphatic rings. The van der Waals surface area contributed by atoms with E-state index < -0.39 is 0 Å². The minimum Gasteiger partial charge on any atom is -0.360 e. The van der Waals surface area contributed by atoms with E-state index in [0.717, 1.165) is 10.9 Å². The van der Waals surface area contributed by atoms with Crippen LogP contribution in [0.1, 0.15) is 42.5 Å². The first-order valence-electron chi connectivity index (χ1n) is 7.82. The van der Waals surface area contributed by atoms with E-state index in [1.165, 1.54) is 16.7 Å². The van der Waals surface area contributed by atoms with E-state index in [1.807, 2.05) is 0 Å². The van der Waals surface area contributed by atoms with Gasteiger partial charge in [-0.05, 0) is 38.0 Å². The van der Waals surface area contributed by atoms with Crippen molar-refractivity contribution in [1.29, 1.82) is 0 Å². The minimum absolute atomic E-state index is 0.234. The van der Waals surface area contributed by atoms with Gasteiger partial charge in [0.1, 0.15) is 18.2 Å². The normalized spacial score (nSPS) is 34.8. The van der Waals surface area contributed by atoms with Gasteiger partial charge >= 0.3 is 0 Å². The van der Waals surface area contributed by atoms with Crippen molar-refractivity contribution in [2.24, 2.45) is 0 Å². The maximum absolute atomic E-state index is 11.9. The van der Waals surface area contributed by atoms with Gasteiger partial charge in [-0.25, -0.2) is 0 Å². The van der Waals surface area contributed by atoms with Crippen molar-refractivity contribution in [1.82, 2.24) is 0 Å². The van der Waals surface area contributed by atoms with Crippen molar-refractivity contribution in [3.63, 3.8) is 0 Å². The van der Waals surface area contributed by atoms with Gasteiger partial charge in [-0.3, -0.25) is 4.79 Å². The molecule has 2 heterocycles. The summed E-state index contributed by atoms with van der Waals surface area (Å²) in [5, 5.41) is 0. The summed E-state index contributed by atoms with van der Waals surface area (Å²) in [5.74, 6) is 0.248. The van der Waals surface area contributed by atoms with Crippen LogP contribution in [0.25, 0.3) is 0 Å². The lowest BCUT2D eigenvalue weighted by Crippen LogP contribution is -2.48. The molecule has 21 heavy (non-hydrogen) atoms. The molecule has 3 heteroatoms. The molecule has 0 bridgehead atoms.